The Hall–Kier alpha value is -2.05. The molecule has 7 nitrogen and oxygen atoms in total. The van der Waals surface area contributed by atoms with Crippen molar-refractivity contribution in [2.24, 2.45) is 13.0 Å². The van der Waals surface area contributed by atoms with Crippen LogP contribution in [0.3, 0.4) is 0 Å². The van der Waals surface area contributed by atoms with Gasteiger partial charge in [0.2, 0.25) is 0 Å². The van der Waals surface area contributed by atoms with Gasteiger partial charge in [0.05, 0.1) is 11.6 Å². The van der Waals surface area contributed by atoms with Crippen LogP contribution in [0.5, 0.6) is 0 Å². The zero-order chi connectivity index (χ0) is 14.5. The van der Waals surface area contributed by atoms with Crippen molar-refractivity contribution >= 4 is 12.0 Å². The van der Waals surface area contributed by atoms with Gasteiger partial charge in [-0.1, -0.05) is 0 Å². The lowest BCUT2D eigenvalue weighted by Crippen LogP contribution is -2.47. The van der Waals surface area contributed by atoms with Gasteiger partial charge in [-0.25, -0.2) is 4.79 Å². The highest BCUT2D eigenvalue weighted by Gasteiger charge is 2.27. The molecule has 0 spiro atoms. The summed E-state index contributed by atoms with van der Waals surface area (Å²) in [6.45, 7) is 1.42. The summed E-state index contributed by atoms with van der Waals surface area (Å²) in [5, 5.41) is 16.0. The molecule has 0 saturated carbocycles. The molecule has 0 aromatic carbocycles. The summed E-state index contributed by atoms with van der Waals surface area (Å²) < 4.78 is 1.72. The minimum Gasteiger partial charge on any atom is -0.481 e. The molecule has 1 unspecified atom stereocenters. The molecule has 20 heavy (non-hydrogen) atoms. The number of hydrogen-bond acceptors (Lipinski definition) is 3. The average Bonchev–Trinajstić information content (AvgIpc) is 2.84. The van der Waals surface area contributed by atoms with E-state index < -0.39 is 11.9 Å². The number of piperidine rings is 1. The smallest absolute Gasteiger partial charge is 0.317 e. The quantitative estimate of drug-likeness (QED) is 0.839. The molecule has 0 bridgehead atoms. The molecule has 1 fully saturated rings. The summed E-state index contributed by atoms with van der Waals surface area (Å²) in [7, 11) is 1.85. The fraction of sp³-hybridized carbons (Fsp3) is 0.615. The third kappa shape index (κ3) is 3.72. The SMILES string of the molecule is Cn1ccc(CCNC(=O)N2CCCC(C(=O)O)C2)n1. The van der Waals surface area contributed by atoms with Gasteiger partial charge in [0.1, 0.15) is 0 Å². The number of aromatic nitrogens is 2. The zero-order valence-corrected chi connectivity index (χ0v) is 11.6. The first-order valence-electron chi connectivity index (χ1n) is 6.80. The number of rotatable bonds is 4. The second-order valence-electron chi connectivity index (χ2n) is 5.09. The molecule has 1 aromatic heterocycles. The molecule has 0 radical (unpaired) electrons. The molecule has 0 aliphatic carbocycles. The van der Waals surface area contributed by atoms with Crippen molar-refractivity contribution in [1.82, 2.24) is 20.0 Å². The van der Waals surface area contributed by atoms with Crippen LogP contribution in [-0.2, 0) is 18.3 Å². The van der Waals surface area contributed by atoms with E-state index in [1.54, 1.807) is 9.58 Å². The van der Waals surface area contributed by atoms with Crippen molar-refractivity contribution in [2.45, 2.75) is 19.3 Å². The third-order valence-corrected chi connectivity index (χ3v) is 3.48. The fourth-order valence-corrected chi connectivity index (χ4v) is 2.37. The molecule has 110 valence electrons. The number of aryl methyl sites for hydroxylation is 1. The van der Waals surface area contributed by atoms with Crippen molar-refractivity contribution in [3.8, 4) is 0 Å². The average molecular weight is 280 g/mol. The van der Waals surface area contributed by atoms with Crippen molar-refractivity contribution in [3.63, 3.8) is 0 Å². The number of amides is 2. The number of nitrogens with one attached hydrogen (secondary N) is 1. The summed E-state index contributed by atoms with van der Waals surface area (Å²) in [5.41, 5.74) is 0.926. The second-order valence-corrected chi connectivity index (χ2v) is 5.09. The van der Waals surface area contributed by atoms with Gasteiger partial charge in [0.15, 0.2) is 0 Å². The fourth-order valence-electron chi connectivity index (χ4n) is 2.37. The predicted molar refractivity (Wildman–Crippen MR) is 72.2 cm³/mol. The molecule has 1 aliphatic rings. The molecule has 1 aromatic rings. The predicted octanol–water partition coefficient (Wildman–Crippen LogP) is 0.469. The number of carbonyl (C=O) groups is 2. The molecule has 1 aliphatic heterocycles. The Morgan fingerprint density at radius 3 is 3.00 bits per heavy atom. The number of carboxylic acids is 1. The van der Waals surface area contributed by atoms with Crippen LogP contribution in [0, 0.1) is 5.92 Å². The van der Waals surface area contributed by atoms with Crippen LogP contribution in [-0.4, -0.2) is 51.4 Å². The first-order valence-corrected chi connectivity index (χ1v) is 6.80. The van der Waals surface area contributed by atoms with E-state index in [-0.39, 0.29) is 6.03 Å². The monoisotopic (exact) mass is 280 g/mol. The van der Waals surface area contributed by atoms with Crippen LogP contribution in [0.1, 0.15) is 18.5 Å². The maximum Gasteiger partial charge on any atom is 0.317 e. The number of hydrogen-bond donors (Lipinski definition) is 2. The molecule has 1 saturated heterocycles. The number of nitrogens with zero attached hydrogens (tertiary/aromatic N) is 3. The second kappa shape index (κ2) is 6.40. The Morgan fingerprint density at radius 1 is 1.55 bits per heavy atom. The first kappa shape index (κ1) is 14.4. The topological polar surface area (TPSA) is 87.5 Å². The van der Waals surface area contributed by atoms with E-state index in [4.69, 9.17) is 5.11 Å². The Labute approximate surface area is 117 Å². The standard InChI is InChI=1S/C13H20N4O3/c1-16-8-5-11(15-16)4-6-14-13(20)17-7-2-3-10(9-17)12(18)19/h5,8,10H,2-4,6-7,9H2,1H3,(H,14,20)(H,18,19). The summed E-state index contributed by atoms with van der Waals surface area (Å²) in [4.78, 5) is 24.5. The number of carbonyl (C=O) groups excluding carboxylic acids is 1. The summed E-state index contributed by atoms with van der Waals surface area (Å²) in [6, 6.07) is 1.72. The summed E-state index contributed by atoms with van der Waals surface area (Å²) in [5.74, 6) is -1.26. The number of carboxylic acid groups (broad SMARTS) is 1. The van der Waals surface area contributed by atoms with Crippen LogP contribution in [0.25, 0.3) is 0 Å². The van der Waals surface area contributed by atoms with Crippen LogP contribution in [0.15, 0.2) is 12.3 Å². The lowest BCUT2D eigenvalue weighted by atomic mass is 9.99. The van der Waals surface area contributed by atoms with Gasteiger partial charge < -0.3 is 15.3 Å². The highest BCUT2D eigenvalue weighted by atomic mass is 16.4. The van der Waals surface area contributed by atoms with Crippen LogP contribution >= 0.6 is 0 Å². The van der Waals surface area contributed by atoms with Crippen LogP contribution in [0.2, 0.25) is 0 Å². The summed E-state index contributed by atoms with van der Waals surface area (Å²) in [6.07, 6.45) is 3.92. The largest absolute Gasteiger partial charge is 0.481 e. The molecule has 1 atom stereocenters. The maximum atomic E-state index is 12.0. The molecule has 7 heteroatoms. The van der Waals surface area contributed by atoms with Gasteiger partial charge in [-0.3, -0.25) is 9.48 Å². The Morgan fingerprint density at radius 2 is 2.35 bits per heavy atom. The van der Waals surface area contributed by atoms with Crippen LogP contribution in [0.4, 0.5) is 4.79 Å². The zero-order valence-electron chi connectivity index (χ0n) is 11.6. The van der Waals surface area contributed by atoms with E-state index in [2.05, 4.69) is 10.4 Å². The lowest BCUT2D eigenvalue weighted by Gasteiger charge is -2.30. The van der Waals surface area contributed by atoms with Gasteiger partial charge in [-0.15, -0.1) is 0 Å². The number of aliphatic carboxylic acids is 1. The number of urea groups is 1. The van der Waals surface area contributed by atoms with Crippen LogP contribution < -0.4 is 5.32 Å². The molecular weight excluding hydrogens is 260 g/mol. The molecule has 2 rings (SSSR count). The van der Waals surface area contributed by atoms with Crippen molar-refractivity contribution in [1.29, 1.82) is 0 Å². The molecular formula is C13H20N4O3. The highest BCUT2D eigenvalue weighted by molar-refractivity contribution is 5.76. The van der Waals surface area contributed by atoms with Gasteiger partial charge in [0.25, 0.3) is 0 Å². The van der Waals surface area contributed by atoms with Crippen molar-refractivity contribution in [2.75, 3.05) is 19.6 Å². The lowest BCUT2D eigenvalue weighted by molar-refractivity contribution is -0.143. The van der Waals surface area contributed by atoms with Crippen molar-refractivity contribution < 1.29 is 14.7 Å². The van der Waals surface area contributed by atoms with E-state index in [9.17, 15) is 9.59 Å². The highest BCUT2D eigenvalue weighted by Crippen LogP contribution is 2.16. The van der Waals surface area contributed by atoms with Gasteiger partial charge >= 0.3 is 12.0 Å². The third-order valence-electron chi connectivity index (χ3n) is 3.48. The van der Waals surface area contributed by atoms with Gasteiger partial charge in [-0.05, 0) is 18.9 Å². The number of likely N-dealkylation sites (tertiary alicyclic amines) is 1. The van der Waals surface area contributed by atoms with E-state index >= 15 is 0 Å². The summed E-state index contributed by atoms with van der Waals surface area (Å²) >= 11 is 0. The van der Waals surface area contributed by atoms with Gasteiger partial charge in [-0.2, -0.15) is 5.10 Å². The Balaban J connectivity index is 1.75. The normalized spacial score (nSPS) is 18.9. The molecule has 2 N–H and O–H groups in total. The maximum absolute atomic E-state index is 12.0. The Kier molecular flexibility index (Phi) is 4.60. The molecule has 2 amide bonds. The van der Waals surface area contributed by atoms with E-state index in [1.165, 1.54) is 0 Å². The van der Waals surface area contributed by atoms with Crippen molar-refractivity contribution in [3.05, 3.63) is 18.0 Å². The van der Waals surface area contributed by atoms with E-state index in [1.807, 2.05) is 19.3 Å². The Bertz CT molecular complexity index is 486. The minimum absolute atomic E-state index is 0.188. The molecule has 2 heterocycles. The van der Waals surface area contributed by atoms with E-state index in [0.29, 0.717) is 32.5 Å². The first-order chi connectivity index (χ1) is 9.56. The van der Waals surface area contributed by atoms with Gasteiger partial charge in [0, 0.05) is 39.3 Å². The minimum atomic E-state index is -0.823. The van der Waals surface area contributed by atoms with E-state index in [0.717, 1.165) is 12.1 Å².